The van der Waals surface area contributed by atoms with Crippen molar-refractivity contribution in [3.05, 3.63) is 211 Å². The third kappa shape index (κ3) is 5.31. The van der Waals surface area contributed by atoms with Crippen molar-refractivity contribution < 1.29 is 0 Å². The Balaban J connectivity index is 1.00. The maximum Gasteiger partial charge on any atom is 0.168 e. The van der Waals surface area contributed by atoms with Gasteiger partial charge in [-0.1, -0.05) is 141 Å². The van der Waals surface area contributed by atoms with Crippen molar-refractivity contribution in [3.63, 3.8) is 0 Å². The molecule has 5 heteroatoms. The lowest BCUT2D eigenvalue weighted by molar-refractivity contribution is 0.660. The number of hydrogen-bond acceptors (Lipinski definition) is 3. The molecule has 58 heavy (non-hydrogen) atoms. The second kappa shape index (κ2) is 13.3. The summed E-state index contributed by atoms with van der Waals surface area (Å²) in [5.74, 6) is 1.63. The molecule has 2 aromatic heterocycles. The van der Waals surface area contributed by atoms with Crippen molar-refractivity contribution in [2.75, 3.05) is 4.90 Å². The molecule has 5 nitrogen and oxygen atoms in total. The Bertz CT molecular complexity index is 3010. The zero-order valence-electron chi connectivity index (χ0n) is 32.3. The SMILES string of the molecule is CC1(C)c2cc(N(c3ccccc3)c3ccc(-n4c5ccccc5c5ccccc54)cc3)ccc2-c2ccc(-n3c(-c4ccccc4)nnc3-c3ccccc3)cc21. The van der Waals surface area contributed by atoms with Crippen LogP contribution in [0.4, 0.5) is 17.1 Å². The molecular formula is C53H39N5. The van der Waals surface area contributed by atoms with Crippen LogP contribution in [-0.2, 0) is 5.41 Å². The maximum atomic E-state index is 4.75. The van der Waals surface area contributed by atoms with Crippen LogP contribution in [-0.4, -0.2) is 19.3 Å². The maximum absolute atomic E-state index is 4.75. The minimum absolute atomic E-state index is 0.271. The Hall–Kier alpha value is -7.50. The highest BCUT2D eigenvalue weighted by molar-refractivity contribution is 6.09. The summed E-state index contributed by atoms with van der Waals surface area (Å²) >= 11 is 0. The smallest absolute Gasteiger partial charge is 0.168 e. The highest BCUT2D eigenvalue weighted by Gasteiger charge is 2.37. The van der Waals surface area contributed by atoms with Crippen LogP contribution in [0.3, 0.4) is 0 Å². The molecule has 0 unspecified atom stereocenters. The molecule has 11 rings (SSSR count). The lowest BCUT2D eigenvalue weighted by atomic mass is 9.82. The quantitative estimate of drug-likeness (QED) is 0.163. The van der Waals surface area contributed by atoms with Gasteiger partial charge in [0.25, 0.3) is 0 Å². The average molecular weight is 746 g/mol. The molecule has 0 N–H and O–H groups in total. The van der Waals surface area contributed by atoms with Crippen LogP contribution in [0, 0.1) is 0 Å². The van der Waals surface area contributed by atoms with E-state index >= 15 is 0 Å². The molecule has 0 saturated carbocycles. The van der Waals surface area contributed by atoms with E-state index in [0.717, 1.165) is 51.2 Å². The van der Waals surface area contributed by atoms with E-state index in [0.29, 0.717) is 0 Å². The van der Waals surface area contributed by atoms with E-state index < -0.39 is 0 Å². The summed E-state index contributed by atoms with van der Waals surface area (Å²) in [6.45, 7) is 4.70. The minimum atomic E-state index is -0.271. The summed E-state index contributed by atoms with van der Waals surface area (Å²) in [6.07, 6.45) is 0. The summed E-state index contributed by atoms with van der Waals surface area (Å²) in [7, 11) is 0. The van der Waals surface area contributed by atoms with Crippen LogP contribution >= 0.6 is 0 Å². The first-order valence-corrected chi connectivity index (χ1v) is 19.8. The molecule has 1 aliphatic carbocycles. The van der Waals surface area contributed by atoms with Gasteiger partial charge in [0.15, 0.2) is 11.6 Å². The van der Waals surface area contributed by atoms with E-state index in [9.17, 15) is 0 Å². The zero-order chi connectivity index (χ0) is 38.8. The summed E-state index contributed by atoms with van der Waals surface area (Å²) in [4.78, 5) is 2.37. The Kier molecular flexibility index (Phi) is 7.76. The highest BCUT2D eigenvalue weighted by Crippen LogP contribution is 2.51. The predicted molar refractivity (Wildman–Crippen MR) is 239 cm³/mol. The summed E-state index contributed by atoms with van der Waals surface area (Å²) < 4.78 is 4.58. The lowest BCUT2D eigenvalue weighted by Gasteiger charge is -2.28. The van der Waals surface area contributed by atoms with Crippen LogP contribution in [0.25, 0.3) is 67.1 Å². The van der Waals surface area contributed by atoms with Gasteiger partial charge in [0, 0.05) is 55.8 Å². The molecular weight excluding hydrogens is 707 g/mol. The van der Waals surface area contributed by atoms with Gasteiger partial charge in [-0.3, -0.25) is 4.57 Å². The number of aromatic nitrogens is 4. The molecule has 276 valence electrons. The number of hydrogen-bond donors (Lipinski definition) is 0. The summed E-state index contributed by atoms with van der Waals surface area (Å²) in [5.41, 5.74) is 14.8. The van der Waals surface area contributed by atoms with E-state index in [1.807, 2.05) is 12.1 Å². The van der Waals surface area contributed by atoms with Crippen molar-refractivity contribution in [3.8, 4) is 45.3 Å². The van der Waals surface area contributed by atoms with Gasteiger partial charge in [-0.25, -0.2) is 0 Å². The zero-order valence-corrected chi connectivity index (χ0v) is 32.3. The molecule has 0 saturated heterocycles. The number of benzene rings is 8. The molecule has 0 radical (unpaired) electrons. The predicted octanol–water partition coefficient (Wildman–Crippen LogP) is 13.5. The first-order chi connectivity index (χ1) is 28.5. The van der Waals surface area contributed by atoms with Gasteiger partial charge in [-0.05, 0) is 95.1 Å². The molecule has 1 aliphatic rings. The van der Waals surface area contributed by atoms with Crippen molar-refractivity contribution >= 4 is 38.9 Å². The topological polar surface area (TPSA) is 38.9 Å². The van der Waals surface area contributed by atoms with Gasteiger partial charge in [0.05, 0.1) is 11.0 Å². The number of para-hydroxylation sites is 3. The fourth-order valence-electron chi connectivity index (χ4n) is 9.04. The molecule has 8 aromatic carbocycles. The van der Waals surface area contributed by atoms with E-state index in [-0.39, 0.29) is 5.41 Å². The third-order valence-electron chi connectivity index (χ3n) is 11.8. The van der Waals surface area contributed by atoms with Crippen LogP contribution in [0.15, 0.2) is 200 Å². The molecule has 0 aliphatic heterocycles. The molecule has 0 bridgehead atoms. The van der Waals surface area contributed by atoms with Gasteiger partial charge in [-0.15, -0.1) is 10.2 Å². The molecule has 0 atom stereocenters. The largest absolute Gasteiger partial charge is 0.310 e. The Labute approximate surface area is 337 Å². The van der Waals surface area contributed by atoms with Crippen LogP contribution in [0.5, 0.6) is 0 Å². The normalized spacial score (nSPS) is 12.8. The monoisotopic (exact) mass is 745 g/mol. The Morgan fingerprint density at radius 2 is 0.845 bits per heavy atom. The Morgan fingerprint density at radius 1 is 0.397 bits per heavy atom. The summed E-state index contributed by atoms with van der Waals surface area (Å²) in [5, 5.41) is 12.0. The van der Waals surface area contributed by atoms with Gasteiger partial charge < -0.3 is 9.47 Å². The summed E-state index contributed by atoms with van der Waals surface area (Å²) in [6, 6.07) is 71.5. The number of fused-ring (bicyclic) bond motifs is 6. The van der Waals surface area contributed by atoms with Crippen LogP contribution < -0.4 is 4.90 Å². The van der Waals surface area contributed by atoms with Gasteiger partial charge in [-0.2, -0.15) is 0 Å². The van der Waals surface area contributed by atoms with E-state index in [1.165, 1.54) is 44.1 Å². The fraction of sp³-hybridized carbons (Fsp3) is 0.0566. The fourth-order valence-corrected chi connectivity index (χ4v) is 9.04. The molecule has 0 spiro atoms. The number of nitrogens with zero attached hydrogens (tertiary/aromatic N) is 5. The van der Waals surface area contributed by atoms with Crippen LogP contribution in [0.1, 0.15) is 25.0 Å². The van der Waals surface area contributed by atoms with E-state index in [2.05, 4.69) is 216 Å². The van der Waals surface area contributed by atoms with Crippen LogP contribution in [0.2, 0.25) is 0 Å². The molecule has 0 fully saturated rings. The first-order valence-electron chi connectivity index (χ1n) is 19.8. The second-order valence-electron chi connectivity index (χ2n) is 15.6. The van der Waals surface area contributed by atoms with Crippen molar-refractivity contribution in [1.82, 2.24) is 19.3 Å². The first kappa shape index (κ1) is 33.8. The molecule has 2 heterocycles. The minimum Gasteiger partial charge on any atom is -0.310 e. The van der Waals surface area contributed by atoms with Crippen molar-refractivity contribution in [1.29, 1.82) is 0 Å². The number of rotatable bonds is 7. The third-order valence-corrected chi connectivity index (χ3v) is 11.8. The van der Waals surface area contributed by atoms with Crippen molar-refractivity contribution in [2.24, 2.45) is 0 Å². The lowest BCUT2D eigenvalue weighted by Crippen LogP contribution is -2.17. The van der Waals surface area contributed by atoms with Gasteiger partial charge in [0.1, 0.15) is 0 Å². The Morgan fingerprint density at radius 3 is 1.43 bits per heavy atom. The van der Waals surface area contributed by atoms with Crippen molar-refractivity contribution in [2.45, 2.75) is 19.3 Å². The van der Waals surface area contributed by atoms with Gasteiger partial charge >= 0.3 is 0 Å². The van der Waals surface area contributed by atoms with E-state index in [1.54, 1.807) is 0 Å². The standard InChI is InChI=1S/C53H39N5/c1-53(2)47-34-41(56(38-20-10-5-11-21-38)39-26-28-40(29-27-39)57-49-24-14-12-22-45(49)46-23-13-15-25-50(46)57)30-32-43(47)44-33-31-42(35-48(44)53)58-51(36-16-6-3-7-17-36)54-55-52(58)37-18-8-4-9-19-37/h3-35H,1-2H3. The number of anilines is 3. The molecule has 10 aromatic rings. The second-order valence-corrected chi connectivity index (χ2v) is 15.6. The highest BCUT2D eigenvalue weighted by atomic mass is 15.3. The molecule has 0 amide bonds. The van der Waals surface area contributed by atoms with Gasteiger partial charge in [0.2, 0.25) is 0 Å². The average Bonchev–Trinajstić information content (AvgIpc) is 3.94. The van der Waals surface area contributed by atoms with E-state index in [4.69, 9.17) is 10.2 Å².